The molecule has 6 N–H and O–H groups in total. The molecule has 0 amide bonds. The predicted molar refractivity (Wildman–Crippen MR) is 101 cm³/mol. The van der Waals surface area contributed by atoms with Crippen molar-refractivity contribution in [2.45, 2.75) is 31.4 Å². The zero-order valence-corrected chi connectivity index (χ0v) is 16.5. The maximum absolute atomic E-state index is 13.3. The first-order valence-corrected chi connectivity index (χ1v) is 9.38. The van der Waals surface area contributed by atoms with Crippen molar-refractivity contribution in [3.8, 4) is 6.01 Å². The second kappa shape index (κ2) is 8.86. The molecule has 14 heteroatoms. The van der Waals surface area contributed by atoms with E-state index >= 15 is 0 Å². The lowest BCUT2D eigenvalue weighted by molar-refractivity contribution is -0.389. The van der Waals surface area contributed by atoms with Crippen LogP contribution in [0.2, 0.25) is 0 Å². The summed E-state index contributed by atoms with van der Waals surface area (Å²) in [6.07, 6.45) is -9.60. The highest BCUT2D eigenvalue weighted by molar-refractivity contribution is 5.74. The van der Waals surface area contributed by atoms with E-state index in [9.17, 15) is 31.4 Å². The molecular formula is C18H21F6N6O2+. The minimum absolute atomic E-state index is 0.0864. The number of nitrogen functional groups attached to an aromatic ring is 1. The molecule has 0 aliphatic carbocycles. The van der Waals surface area contributed by atoms with E-state index in [2.05, 4.69) is 14.7 Å². The van der Waals surface area contributed by atoms with Crippen molar-refractivity contribution in [2.75, 3.05) is 35.3 Å². The first kappa shape index (κ1) is 23.7. The van der Waals surface area contributed by atoms with Crippen LogP contribution in [-0.2, 0) is 12.7 Å². The van der Waals surface area contributed by atoms with Crippen LogP contribution >= 0.6 is 0 Å². The molecule has 32 heavy (non-hydrogen) atoms. The Balaban J connectivity index is 1.97. The lowest BCUT2D eigenvalue weighted by Gasteiger charge is -2.22. The number of rotatable bonds is 6. The third-order valence-electron chi connectivity index (χ3n) is 4.72. The van der Waals surface area contributed by atoms with Gasteiger partial charge in [-0.05, 0) is 16.6 Å². The predicted octanol–water partition coefficient (Wildman–Crippen LogP) is 1.89. The summed E-state index contributed by atoms with van der Waals surface area (Å²) >= 11 is 0. The summed E-state index contributed by atoms with van der Waals surface area (Å²) < 4.78 is 82.4. The molecule has 1 aromatic heterocycles. The van der Waals surface area contributed by atoms with E-state index < -0.39 is 43.2 Å². The van der Waals surface area contributed by atoms with Crippen molar-refractivity contribution in [3.63, 3.8) is 0 Å². The highest BCUT2D eigenvalue weighted by Gasteiger charge is 2.36. The van der Waals surface area contributed by atoms with Crippen molar-refractivity contribution in [3.05, 3.63) is 35.4 Å². The number of nitrogens with zero attached hydrogens (tertiary/aromatic N) is 3. The zero-order chi connectivity index (χ0) is 23.7. The monoisotopic (exact) mass is 467 g/mol. The van der Waals surface area contributed by atoms with E-state index in [1.165, 1.54) is 18.2 Å². The maximum Gasteiger partial charge on any atom is 0.434 e. The van der Waals surface area contributed by atoms with Gasteiger partial charge in [-0.2, -0.15) is 26.3 Å². The number of aliphatic hydroxyl groups is 1. The quantitative estimate of drug-likeness (QED) is 0.338. The van der Waals surface area contributed by atoms with Gasteiger partial charge in [-0.3, -0.25) is 9.91 Å². The molecule has 0 bridgehead atoms. The molecule has 2 aromatic rings. The average molecular weight is 467 g/mol. The van der Waals surface area contributed by atoms with Crippen LogP contribution < -0.4 is 31.2 Å². The smallest absolute Gasteiger partial charge is 0.431 e. The zero-order valence-electron chi connectivity index (χ0n) is 16.5. The normalized spacial score (nSPS) is 17.0. The third kappa shape index (κ3) is 5.62. The van der Waals surface area contributed by atoms with E-state index in [4.69, 9.17) is 11.6 Å². The summed E-state index contributed by atoms with van der Waals surface area (Å²) in [7, 11) is 0. The first-order valence-electron chi connectivity index (χ1n) is 9.38. The van der Waals surface area contributed by atoms with Crippen molar-refractivity contribution < 1.29 is 41.2 Å². The van der Waals surface area contributed by atoms with E-state index in [0.717, 1.165) is 11.1 Å². The molecule has 1 aliphatic heterocycles. The molecule has 1 fully saturated rings. The molecule has 0 saturated carbocycles. The molecule has 0 radical (unpaired) electrons. The van der Waals surface area contributed by atoms with Crippen LogP contribution in [0.5, 0.6) is 6.01 Å². The molecule has 2 heterocycles. The van der Waals surface area contributed by atoms with Gasteiger partial charge < -0.3 is 15.6 Å². The lowest BCUT2D eigenvalue weighted by Crippen LogP contribution is -2.37. The van der Waals surface area contributed by atoms with Crippen molar-refractivity contribution in [1.29, 1.82) is 0 Å². The van der Waals surface area contributed by atoms with Crippen molar-refractivity contribution in [1.82, 2.24) is 4.98 Å². The minimum atomic E-state index is -4.66. The minimum Gasteiger partial charge on any atom is -0.431 e. The lowest BCUT2D eigenvalue weighted by atomic mass is 10.1. The van der Waals surface area contributed by atoms with Gasteiger partial charge in [0.05, 0.1) is 31.3 Å². The first-order chi connectivity index (χ1) is 14.8. The summed E-state index contributed by atoms with van der Waals surface area (Å²) in [5.41, 5.74) is 4.87. The fourth-order valence-electron chi connectivity index (χ4n) is 3.28. The van der Waals surface area contributed by atoms with Crippen molar-refractivity contribution in [2.24, 2.45) is 5.84 Å². The van der Waals surface area contributed by atoms with Crippen molar-refractivity contribution >= 4 is 17.3 Å². The highest BCUT2D eigenvalue weighted by Crippen LogP contribution is 2.34. The number of H-pyrrole nitrogens is 1. The van der Waals surface area contributed by atoms with Crippen LogP contribution in [0.15, 0.2) is 24.3 Å². The average Bonchev–Trinajstić information content (AvgIpc) is 3.12. The van der Waals surface area contributed by atoms with Crippen LogP contribution in [0.4, 0.5) is 43.7 Å². The highest BCUT2D eigenvalue weighted by atomic mass is 19.4. The number of ether oxygens (including phenoxy) is 1. The van der Waals surface area contributed by atoms with Gasteiger partial charge in [-0.15, -0.1) is 0 Å². The van der Waals surface area contributed by atoms with Gasteiger partial charge in [0.2, 0.25) is 0 Å². The van der Waals surface area contributed by atoms with E-state index in [1.807, 2.05) is 0 Å². The number of hydrazine groups is 1. The number of nitrogens with two attached hydrogens (primary N) is 2. The molecular weight excluding hydrogens is 446 g/mol. The second-order valence-corrected chi connectivity index (χ2v) is 7.20. The van der Waals surface area contributed by atoms with Crippen LogP contribution in [0.25, 0.3) is 0 Å². The Hall–Kier alpha value is -3.00. The largest absolute Gasteiger partial charge is 0.434 e. The number of hydrogen-bond acceptors (Lipinski definition) is 7. The molecule has 1 unspecified atom stereocenters. The molecule has 176 valence electrons. The van der Waals surface area contributed by atoms with Gasteiger partial charge in [-0.1, -0.05) is 18.2 Å². The topological polar surface area (TPSA) is 115 Å². The summed E-state index contributed by atoms with van der Waals surface area (Å²) in [4.78, 5) is 7.94. The summed E-state index contributed by atoms with van der Waals surface area (Å²) in [6, 6.07) is 4.13. The number of anilines is 3. The second-order valence-electron chi connectivity index (χ2n) is 7.20. The number of hydrogen-bond donors (Lipinski definition) is 3. The Kier molecular flexibility index (Phi) is 6.55. The Morgan fingerprint density at radius 2 is 1.91 bits per heavy atom. The molecule has 0 spiro atoms. The van der Waals surface area contributed by atoms with Gasteiger partial charge >= 0.3 is 18.4 Å². The van der Waals surface area contributed by atoms with Gasteiger partial charge in [0.1, 0.15) is 0 Å². The molecule has 1 aliphatic rings. The number of aliphatic hydroxyl groups excluding tert-OH is 1. The standard InChI is InChI=1S/C18H20F6N6O2/c19-17(20,21)9-32-16-27-14(29-6-5-11(31)8-29)13(25)15(28-16)30(26)7-10-3-1-2-4-12(10)18(22,23)24/h1-4,11,31H,5-9,25-26H2/p+1. The Labute approximate surface area is 178 Å². The Morgan fingerprint density at radius 1 is 1.22 bits per heavy atom. The number of aromatic nitrogens is 2. The molecule has 3 rings (SSSR count). The van der Waals surface area contributed by atoms with Crippen LogP contribution in [-0.4, -0.2) is 42.1 Å². The number of benzene rings is 1. The fraction of sp³-hybridized carbons (Fsp3) is 0.444. The summed E-state index contributed by atoms with van der Waals surface area (Å²) in [6.45, 7) is -1.70. The summed E-state index contributed by atoms with van der Waals surface area (Å²) in [5.74, 6) is 5.75. The number of nitrogens with one attached hydrogen (secondary N) is 1. The number of alkyl halides is 6. The molecule has 1 atom stereocenters. The van der Waals surface area contributed by atoms with Gasteiger partial charge in [0.15, 0.2) is 12.3 Å². The Bertz CT molecular complexity index is 955. The number of β-amino-alcohol motifs (C(OH)–C–C–N with tert-alkyl or cyclic N) is 1. The Morgan fingerprint density at radius 3 is 2.50 bits per heavy atom. The van der Waals surface area contributed by atoms with Crippen LogP contribution in [0.3, 0.4) is 0 Å². The molecule has 8 nitrogen and oxygen atoms in total. The molecule has 1 saturated heterocycles. The van der Waals surface area contributed by atoms with Gasteiger partial charge in [-0.25, -0.2) is 10.8 Å². The van der Waals surface area contributed by atoms with E-state index in [-0.39, 0.29) is 29.4 Å². The van der Waals surface area contributed by atoms with Crippen LogP contribution in [0.1, 0.15) is 17.5 Å². The third-order valence-corrected chi connectivity index (χ3v) is 4.72. The van der Waals surface area contributed by atoms with Gasteiger partial charge in [0, 0.05) is 6.42 Å². The van der Waals surface area contributed by atoms with E-state index in [0.29, 0.717) is 13.0 Å². The number of halogens is 6. The fourth-order valence-corrected chi connectivity index (χ4v) is 3.28. The SMILES string of the molecule is Nc1c(N(N)Cc2ccccc2C(F)(F)F)nc(OCC(F)(F)F)[nH+]c1N1CCC(O)C1. The maximum atomic E-state index is 13.3. The van der Waals surface area contributed by atoms with E-state index in [1.54, 1.807) is 4.90 Å². The van der Waals surface area contributed by atoms with Crippen LogP contribution in [0, 0.1) is 0 Å². The molecule has 1 aromatic carbocycles. The van der Waals surface area contributed by atoms with Gasteiger partial charge in [0.25, 0.3) is 11.6 Å². The summed E-state index contributed by atoms with van der Waals surface area (Å²) in [5, 5.41) is 10.6. The number of aromatic amines is 1.